The lowest BCUT2D eigenvalue weighted by atomic mass is 9.99. The van der Waals surface area contributed by atoms with Crippen LogP contribution in [0, 0.1) is 12.8 Å². The van der Waals surface area contributed by atoms with E-state index in [9.17, 15) is 8.42 Å². The molecule has 2 aromatic rings. The third kappa shape index (κ3) is 3.80. The predicted molar refractivity (Wildman–Crippen MR) is 96.1 cm³/mol. The minimum Gasteiger partial charge on any atom is -0.330 e. The highest BCUT2D eigenvalue weighted by Gasteiger charge is 2.30. The van der Waals surface area contributed by atoms with Crippen molar-refractivity contribution in [2.45, 2.75) is 24.7 Å². The summed E-state index contributed by atoms with van der Waals surface area (Å²) in [5.41, 5.74) is 7.66. The van der Waals surface area contributed by atoms with Crippen LogP contribution >= 0.6 is 12.4 Å². The summed E-state index contributed by atoms with van der Waals surface area (Å²) in [7, 11) is -3.48. The number of benzene rings is 1. The zero-order chi connectivity index (χ0) is 16.4. The minimum atomic E-state index is -3.48. The van der Waals surface area contributed by atoms with Crippen LogP contribution in [0.15, 0.2) is 41.6 Å². The lowest BCUT2D eigenvalue weighted by molar-refractivity contribution is 0.278. The van der Waals surface area contributed by atoms with Gasteiger partial charge in [0.2, 0.25) is 10.0 Å². The topological polar surface area (TPSA) is 81.2 Å². The third-order valence-corrected chi connectivity index (χ3v) is 6.25. The van der Waals surface area contributed by atoms with Crippen molar-refractivity contribution in [3.05, 3.63) is 42.2 Å². The molecule has 3 rings (SSSR count). The van der Waals surface area contributed by atoms with Crippen LogP contribution in [0.5, 0.6) is 0 Å². The number of nitrogens with zero attached hydrogens (tertiary/aromatic N) is 3. The number of rotatable bonds is 4. The third-order valence-electron chi connectivity index (χ3n) is 4.40. The Bertz CT molecular complexity index is 766. The Balaban J connectivity index is 0.00000208. The van der Waals surface area contributed by atoms with Gasteiger partial charge in [-0.15, -0.1) is 12.4 Å². The SMILES string of the molecule is Cc1ccc(-n2cc(S(=O)(=O)N3CCC(CN)CC3)cn2)cc1.Cl. The molecule has 0 bridgehead atoms. The highest BCUT2D eigenvalue weighted by molar-refractivity contribution is 7.89. The molecule has 0 saturated carbocycles. The molecular formula is C16H23ClN4O2S. The van der Waals surface area contributed by atoms with E-state index >= 15 is 0 Å². The molecule has 1 saturated heterocycles. The smallest absolute Gasteiger partial charge is 0.246 e. The number of hydrogen-bond donors (Lipinski definition) is 1. The summed E-state index contributed by atoms with van der Waals surface area (Å²) in [5, 5.41) is 4.20. The molecule has 2 heterocycles. The fraction of sp³-hybridized carbons (Fsp3) is 0.438. The van der Waals surface area contributed by atoms with E-state index in [1.54, 1.807) is 10.9 Å². The van der Waals surface area contributed by atoms with E-state index in [1.807, 2.05) is 31.2 Å². The Hall–Kier alpha value is -1.41. The molecule has 1 aromatic heterocycles. The molecule has 0 unspecified atom stereocenters. The number of piperidine rings is 1. The monoisotopic (exact) mass is 370 g/mol. The first kappa shape index (κ1) is 18.9. The predicted octanol–water partition coefficient (Wildman–Crippen LogP) is 1.96. The summed E-state index contributed by atoms with van der Waals surface area (Å²) in [6.07, 6.45) is 4.64. The van der Waals surface area contributed by atoms with E-state index in [0.29, 0.717) is 25.6 Å². The van der Waals surface area contributed by atoms with Gasteiger partial charge in [-0.1, -0.05) is 17.7 Å². The molecule has 1 aliphatic rings. The maximum atomic E-state index is 12.7. The fourth-order valence-corrected chi connectivity index (χ4v) is 4.22. The van der Waals surface area contributed by atoms with Crippen LogP contribution in [0.25, 0.3) is 5.69 Å². The van der Waals surface area contributed by atoms with Crippen molar-refractivity contribution < 1.29 is 8.42 Å². The van der Waals surface area contributed by atoms with Crippen LogP contribution in [0.3, 0.4) is 0 Å². The van der Waals surface area contributed by atoms with Gasteiger partial charge in [0.1, 0.15) is 4.90 Å². The summed E-state index contributed by atoms with van der Waals surface area (Å²) in [5.74, 6) is 0.428. The van der Waals surface area contributed by atoms with Gasteiger partial charge in [-0.25, -0.2) is 13.1 Å². The Morgan fingerprint density at radius 1 is 1.21 bits per heavy atom. The average Bonchev–Trinajstić information content (AvgIpc) is 3.06. The van der Waals surface area contributed by atoms with Crippen LogP contribution in [-0.2, 0) is 10.0 Å². The Morgan fingerprint density at radius 3 is 2.42 bits per heavy atom. The van der Waals surface area contributed by atoms with Crippen molar-refractivity contribution in [1.82, 2.24) is 14.1 Å². The van der Waals surface area contributed by atoms with Crippen LogP contribution in [-0.4, -0.2) is 42.1 Å². The molecule has 1 aliphatic heterocycles. The normalized spacial score (nSPS) is 16.8. The summed E-state index contributed by atoms with van der Waals surface area (Å²) < 4.78 is 28.6. The van der Waals surface area contributed by atoms with Crippen LogP contribution in [0.2, 0.25) is 0 Å². The largest absolute Gasteiger partial charge is 0.330 e. The lowest BCUT2D eigenvalue weighted by Gasteiger charge is -2.30. The van der Waals surface area contributed by atoms with Crippen molar-refractivity contribution >= 4 is 22.4 Å². The molecule has 0 aliphatic carbocycles. The summed E-state index contributed by atoms with van der Waals surface area (Å²) in [6.45, 7) is 3.69. The molecule has 1 fully saturated rings. The van der Waals surface area contributed by atoms with E-state index < -0.39 is 10.0 Å². The zero-order valence-electron chi connectivity index (χ0n) is 13.6. The molecule has 0 radical (unpaired) electrons. The van der Waals surface area contributed by atoms with Crippen molar-refractivity contribution in [1.29, 1.82) is 0 Å². The van der Waals surface area contributed by atoms with Gasteiger partial charge in [-0.3, -0.25) is 0 Å². The first-order valence-corrected chi connectivity index (χ1v) is 9.26. The van der Waals surface area contributed by atoms with Crippen molar-refractivity contribution in [3.8, 4) is 5.69 Å². The maximum Gasteiger partial charge on any atom is 0.246 e. The van der Waals surface area contributed by atoms with Gasteiger partial charge < -0.3 is 5.73 Å². The fourth-order valence-electron chi connectivity index (χ4n) is 2.81. The van der Waals surface area contributed by atoms with Crippen LogP contribution in [0.1, 0.15) is 18.4 Å². The van der Waals surface area contributed by atoms with Crippen LogP contribution < -0.4 is 5.73 Å². The molecular weight excluding hydrogens is 348 g/mol. The summed E-state index contributed by atoms with van der Waals surface area (Å²) in [4.78, 5) is 0.240. The van der Waals surface area contributed by atoms with E-state index in [1.165, 1.54) is 10.5 Å². The highest BCUT2D eigenvalue weighted by Crippen LogP contribution is 2.23. The second kappa shape index (κ2) is 7.65. The van der Waals surface area contributed by atoms with Gasteiger partial charge >= 0.3 is 0 Å². The standard InChI is InChI=1S/C16H22N4O2S.ClH/c1-13-2-4-15(5-3-13)20-12-16(11-18-20)23(21,22)19-8-6-14(10-17)7-9-19;/h2-5,11-12,14H,6-10,17H2,1H3;1H. The molecule has 6 nitrogen and oxygen atoms in total. The first-order valence-electron chi connectivity index (χ1n) is 7.82. The number of hydrogen-bond acceptors (Lipinski definition) is 4. The minimum absolute atomic E-state index is 0. The van der Waals surface area contributed by atoms with Crippen molar-refractivity contribution in [2.75, 3.05) is 19.6 Å². The quantitative estimate of drug-likeness (QED) is 0.892. The number of halogens is 1. The lowest BCUT2D eigenvalue weighted by Crippen LogP contribution is -2.39. The summed E-state index contributed by atoms with van der Waals surface area (Å²) in [6, 6.07) is 7.79. The molecule has 132 valence electrons. The molecule has 1 aromatic carbocycles. The zero-order valence-corrected chi connectivity index (χ0v) is 15.3. The first-order chi connectivity index (χ1) is 11.0. The van der Waals surface area contributed by atoms with Crippen molar-refractivity contribution in [2.24, 2.45) is 11.7 Å². The number of aromatic nitrogens is 2. The average molecular weight is 371 g/mol. The number of aryl methyl sites for hydroxylation is 1. The van der Waals surface area contributed by atoms with Gasteiger partial charge in [-0.05, 0) is 44.4 Å². The maximum absolute atomic E-state index is 12.7. The molecule has 2 N–H and O–H groups in total. The van der Waals surface area contributed by atoms with Crippen LogP contribution in [0.4, 0.5) is 0 Å². The molecule has 24 heavy (non-hydrogen) atoms. The molecule has 0 spiro atoms. The van der Waals surface area contributed by atoms with Gasteiger partial charge in [0, 0.05) is 13.1 Å². The Morgan fingerprint density at radius 2 is 1.83 bits per heavy atom. The van der Waals surface area contributed by atoms with Gasteiger partial charge in [-0.2, -0.15) is 9.40 Å². The second-order valence-corrected chi connectivity index (χ2v) is 7.98. The molecule has 0 atom stereocenters. The van der Waals surface area contributed by atoms with E-state index in [2.05, 4.69) is 5.10 Å². The van der Waals surface area contributed by atoms with Gasteiger partial charge in [0.25, 0.3) is 0 Å². The summed E-state index contributed by atoms with van der Waals surface area (Å²) >= 11 is 0. The highest BCUT2D eigenvalue weighted by atomic mass is 35.5. The Kier molecular flexibility index (Phi) is 6.03. The van der Waals surface area contributed by atoms with E-state index in [-0.39, 0.29) is 17.3 Å². The molecule has 8 heteroatoms. The number of sulfonamides is 1. The molecule has 0 amide bonds. The van der Waals surface area contributed by atoms with E-state index in [4.69, 9.17) is 5.73 Å². The van der Waals surface area contributed by atoms with Crippen molar-refractivity contribution in [3.63, 3.8) is 0 Å². The Labute approximate surface area is 149 Å². The number of nitrogens with two attached hydrogens (primary N) is 1. The van der Waals surface area contributed by atoms with E-state index in [0.717, 1.165) is 24.1 Å². The van der Waals surface area contributed by atoms with Gasteiger partial charge in [0.15, 0.2) is 0 Å². The van der Waals surface area contributed by atoms with Gasteiger partial charge in [0.05, 0.1) is 18.1 Å². The second-order valence-electron chi connectivity index (χ2n) is 6.04.